The van der Waals surface area contributed by atoms with Gasteiger partial charge in [0.15, 0.2) is 0 Å². The van der Waals surface area contributed by atoms with Gasteiger partial charge in [0.2, 0.25) is 0 Å². The molecule has 0 fully saturated rings. The van der Waals surface area contributed by atoms with E-state index in [0.717, 1.165) is 18.4 Å². The Kier molecular flexibility index (Phi) is 15.5. The van der Waals surface area contributed by atoms with Crippen LogP contribution in [-0.4, -0.2) is 11.1 Å². The van der Waals surface area contributed by atoms with E-state index in [1.807, 2.05) is 6.92 Å². The van der Waals surface area contributed by atoms with Crippen molar-refractivity contribution in [2.24, 2.45) is 0 Å². The van der Waals surface area contributed by atoms with Crippen LogP contribution in [0.25, 0.3) is 0 Å². The van der Waals surface area contributed by atoms with Crippen molar-refractivity contribution in [1.82, 2.24) is 0 Å². The Morgan fingerprint density at radius 2 is 1.00 bits per heavy atom. The Labute approximate surface area is 144 Å². The van der Waals surface area contributed by atoms with Gasteiger partial charge < -0.3 is 5.11 Å². The van der Waals surface area contributed by atoms with Gasteiger partial charge in [0.1, 0.15) is 0 Å². The number of allylic oxidation sites excluding steroid dienone is 1. The average molecular weight is 325 g/mol. The van der Waals surface area contributed by atoms with Crippen molar-refractivity contribution in [1.29, 1.82) is 0 Å². The minimum absolute atomic E-state index is 0.527. The van der Waals surface area contributed by atoms with Gasteiger partial charge in [-0.25, -0.2) is 4.79 Å². The number of hydrogen-bond acceptors (Lipinski definition) is 1. The van der Waals surface area contributed by atoms with Crippen LogP contribution in [-0.2, 0) is 4.79 Å². The molecule has 0 unspecified atom stereocenters. The fraction of sp³-hybridized carbons (Fsp3) is 0.857. The monoisotopic (exact) mass is 324 g/mol. The van der Waals surface area contributed by atoms with Gasteiger partial charge in [0.05, 0.1) is 0 Å². The first-order chi connectivity index (χ1) is 11.1. The number of rotatable bonds is 16. The molecule has 0 spiro atoms. The summed E-state index contributed by atoms with van der Waals surface area (Å²) in [5, 5.41) is 8.91. The van der Waals surface area contributed by atoms with Crippen LogP contribution in [0.15, 0.2) is 11.1 Å². The third-order valence-electron chi connectivity index (χ3n) is 4.87. The zero-order valence-electron chi connectivity index (χ0n) is 16.0. The largest absolute Gasteiger partial charge is 0.478 e. The molecule has 0 aromatic rings. The van der Waals surface area contributed by atoms with Gasteiger partial charge >= 0.3 is 5.97 Å². The van der Waals surface area contributed by atoms with Crippen molar-refractivity contribution in [3.8, 4) is 0 Å². The molecule has 0 saturated heterocycles. The Morgan fingerprint density at radius 1 is 0.652 bits per heavy atom. The molecule has 0 aliphatic heterocycles. The summed E-state index contributed by atoms with van der Waals surface area (Å²) in [6.07, 6.45) is 20.0. The van der Waals surface area contributed by atoms with E-state index in [2.05, 4.69) is 6.92 Å². The molecular weight excluding hydrogens is 284 g/mol. The number of hydrogen-bond donors (Lipinski definition) is 1. The van der Waals surface area contributed by atoms with E-state index in [0.29, 0.717) is 5.57 Å². The van der Waals surface area contributed by atoms with Crippen LogP contribution in [0, 0.1) is 0 Å². The number of carboxylic acid groups (broad SMARTS) is 1. The minimum atomic E-state index is -0.770. The molecule has 136 valence electrons. The Bertz CT molecular complexity index is 318. The first-order valence-corrected chi connectivity index (χ1v) is 9.99. The quantitative estimate of drug-likeness (QED) is 0.239. The van der Waals surface area contributed by atoms with Gasteiger partial charge in [0.25, 0.3) is 0 Å². The highest BCUT2D eigenvalue weighted by molar-refractivity contribution is 5.86. The van der Waals surface area contributed by atoms with Crippen molar-refractivity contribution in [2.75, 3.05) is 0 Å². The predicted molar refractivity (Wildman–Crippen MR) is 101 cm³/mol. The highest BCUT2D eigenvalue weighted by atomic mass is 16.4. The zero-order chi connectivity index (χ0) is 17.3. The standard InChI is InChI=1S/C21H40O2/c1-4-5-6-7-8-9-10-11-12-13-14-15-16-17-18-19(2)20(3)21(22)23/h4-18H2,1-3H3,(H,22,23). The van der Waals surface area contributed by atoms with Crippen LogP contribution in [0.3, 0.4) is 0 Å². The van der Waals surface area contributed by atoms with Crippen molar-refractivity contribution >= 4 is 5.97 Å². The maximum Gasteiger partial charge on any atom is 0.331 e. The molecule has 2 nitrogen and oxygen atoms in total. The van der Waals surface area contributed by atoms with Crippen molar-refractivity contribution < 1.29 is 9.90 Å². The number of aliphatic carboxylic acids is 1. The van der Waals surface area contributed by atoms with E-state index in [1.54, 1.807) is 6.92 Å². The van der Waals surface area contributed by atoms with Crippen LogP contribution in [0.5, 0.6) is 0 Å². The summed E-state index contributed by atoms with van der Waals surface area (Å²) in [6.45, 7) is 5.93. The minimum Gasteiger partial charge on any atom is -0.478 e. The number of unbranched alkanes of at least 4 members (excludes halogenated alkanes) is 13. The predicted octanol–water partition coefficient (Wildman–Crippen LogP) is 7.28. The lowest BCUT2D eigenvalue weighted by molar-refractivity contribution is -0.132. The van der Waals surface area contributed by atoms with Crippen LogP contribution in [0.1, 0.15) is 117 Å². The molecule has 0 aromatic carbocycles. The molecule has 23 heavy (non-hydrogen) atoms. The lowest BCUT2D eigenvalue weighted by Crippen LogP contribution is -1.99. The average Bonchev–Trinajstić information content (AvgIpc) is 2.54. The number of carbonyl (C=O) groups is 1. The molecule has 0 rings (SSSR count). The fourth-order valence-electron chi connectivity index (χ4n) is 2.95. The molecule has 2 heteroatoms. The Balaban J connectivity index is 3.25. The van der Waals surface area contributed by atoms with E-state index in [1.165, 1.54) is 83.5 Å². The Morgan fingerprint density at radius 3 is 1.35 bits per heavy atom. The van der Waals surface area contributed by atoms with Gasteiger partial charge in [-0.15, -0.1) is 0 Å². The van der Waals surface area contributed by atoms with Crippen LogP contribution in [0.2, 0.25) is 0 Å². The summed E-state index contributed by atoms with van der Waals surface area (Å²) >= 11 is 0. The third kappa shape index (κ3) is 14.5. The molecule has 0 atom stereocenters. The molecule has 0 heterocycles. The third-order valence-corrected chi connectivity index (χ3v) is 4.87. The Hall–Kier alpha value is -0.790. The summed E-state index contributed by atoms with van der Waals surface area (Å²) in [7, 11) is 0. The van der Waals surface area contributed by atoms with Crippen molar-refractivity contribution in [3.05, 3.63) is 11.1 Å². The van der Waals surface area contributed by atoms with E-state index in [-0.39, 0.29) is 0 Å². The molecular formula is C21H40O2. The molecule has 1 N–H and O–H groups in total. The van der Waals surface area contributed by atoms with Crippen molar-refractivity contribution in [2.45, 2.75) is 117 Å². The maximum atomic E-state index is 10.8. The summed E-state index contributed by atoms with van der Waals surface area (Å²) < 4.78 is 0. The van der Waals surface area contributed by atoms with Crippen LogP contribution in [0.4, 0.5) is 0 Å². The summed E-state index contributed by atoms with van der Waals surface area (Å²) in [4.78, 5) is 10.8. The summed E-state index contributed by atoms with van der Waals surface area (Å²) in [5.41, 5.74) is 1.57. The number of carboxylic acids is 1. The zero-order valence-corrected chi connectivity index (χ0v) is 16.0. The topological polar surface area (TPSA) is 37.3 Å². The maximum absolute atomic E-state index is 10.8. The summed E-state index contributed by atoms with van der Waals surface area (Å²) in [6, 6.07) is 0. The lowest BCUT2D eigenvalue weighted by Gasteiger charge is -2.05. The second-order valence-electron chi connectivity index (χ2n) is 7.06. The van der Waals surface area contributed by atoms with E-state index in [9.17, 15) is 4.79 Å². The van der Waals surface area contributed by atoms with Crippen molar-refractivity contribution in [3.63, 3.8) is 0 Å². The molecule has 0 aromatic heterocycles. The SMILES string of the molecule is CCCCCCCCCCCCCCCCC(C)=C(C)C(=O)O. The van der Waals surface area contributed by atoms with Crippen LogP contribution < -0.4 is 0 Å². The van der Waals surface area contributed by atoms with Gasteiger partial charge in [0, 0.05) is 5.57 Å². The van der Waals surface area contributed by atoms with Gasteiger partial charge in [-0.05, 0) is 26.7 Å². The van der Waals surface area contributed by atoms with E-state index >= 15 is 0 Å². The first-order valence-electron chi connectivity index (χ1n) is 9.99. The first kappa shape index (κ1) is 22.2. The fourth-order valence-corrected chi connectivity index (χ4v) is 2.95. The highest BCUT2D eigenvalue weighted by Gasteiger charge is 2.04. The van der Waals surface area contributed by atoms with E-state index in [4.69, 9.17) is 5.11 Å². The van der Waals surface area contributed by atoms with Gasteiger partial charge in [-0.2, -0.15) is 0 Å². The molecule has 0 aliphatic rings. The smallest absolute Gasteiger partial charge is 0.331 e. The molecule has 0 radical (unpaired) electrons. The second kappa shape index (κ2) is 16.1. The molecule has 0 saturated carbocycles. The summed E-state index contributed by atoms with van der Waals surface area (Å²) in [5.74, 6) is -0.770. The second-order valence-corrected chi connectivity index (χ2v) is 7.06. The van der Waals surface area contributed by atoms with E-state index < -0.39 is 5.97 Å². The normalized spacial score (nSPS) is 12.3. The van der Waals surface area contributed by atoms with Gasteiger partial charge in [-0.3, -0.25) is 0 Å². The van der Waals surface area contributed by atoms with Crippen LogP contribution >= 0.6 is 0 Å². The highest BCUT2D eigenvalue weighted by Crippen LogP contribution is 2.16. The molecule has 0 aliphatic carbocycles. The van der Waals surface area contributed by atoms with Gasteiger partial charge in [-0.1, -0.05) is 96.0 Å². The lowest BCUT2D eigenvalue weighted by atomic mass is 10.0. The molecule has 0 amide bonds. The molecule has 0 bridgehead atoms.